The number of nitrogens with zero attached hydrogens (tertiary/aromatic N) is 1. The lowest BCUT2D eigenvalue weighted by molar-refractivity contribution is -0.140. The fourth-order valence-corrected chi connectivity index (χ4v) is 4.05. The summed E-state index contributed by atoms with van der Waals surface area (Å²) >= 11 is 0. The number of carbonyl (C=O) groups excluding carboxylic acids is 1. The van der Waals surface area contributed by atoms with E-state index in [1.54, 1.807) is 0 Å². The highest BCUT2D eigenvalue weighted by atomic mass is 19.4. The van der Waals surface area contributed by atoms with E-state index in [1.165, 1.54) is 19.4 Å². The molecule has 3 fully saturated rings. The molecule has 136 valence electrons. The Balaban J connectivity index is 1.29. The topological polar surface area (TPSA) is 32.3 Å². The molecule has 1 heterocycles. The van der Waals surface area contributed by atoms with Crippen LogP contribution in [0.2, 0.25) is 0 Å². The van der Waals surface area contributed by atoms with E-state index in [9.17, 15) is 22.4 Å². The van der Waals surface area contributed by atoms with Crippen molar-refractivity contribution in [3.05, 3.63) is 35.1 Å². The first-order valence-electron chi connectivity index (χ1n) is 8.70. The molecule has 0 bridgehead atoms. The molecule has 0 aromatic heterocycles. The number of carbonyl (C=O) groups is 1. The van der Waals surface area contributed by atoms with Crippen molar-refractivity contribution in [2.24, 2.45) is 23.7 Å². The zero-order valence-electron chi connectivity index (χ0n) is 13.7. The van der Waals surface area contributed by atoms with Crippen LogP contribution in [0.5, 0.6) is 0 Å². The minimum absolute atomic E-state index is 0.158. The average molecular weight is 356 g/mol. The lowest BCUT2D eigenvalue weighted by atomic mass is 10.1. The van der Waals surface area contributed by atoms with Crippen LogP contribution in [0, 0.1) is 29.5 Å². The quantitative estimate of drug-likeness (QED) is 0.822. The van der Waals surface area contributed by atoms with E-state index in [4.69, 9.17) is 0 Å². The van der Waals surface area contributed by atoms with Crippen molar-refractivity contribution in [3.63, 3.8) is 0 Å². The van der Waals surface area contributed by atoms with Crippen molar-refractivity contribution in [2.45, 2.75) is 19.0 Å². The zero-order chi connectivity index (χ0) is 17.8. The molecule has 7 heteroatoms. The largest absolute Gasteiger partial charge is 0.419 e. The summed E-state index contributed by atoms with van der Waals surface area (Å²) in [5.41, 5.74) is -1.56. The van der Waals surface area contributed by atoms with Crippen LogP contribution in [0.15, 0.2) is 18.2 Å². The van der Waals surface area contributed by atoms with Gasteiger partial charge in [-0.3, -0.25) is 4.79 Å². The van der Waals surface area contributed by atoms with Crippen LogP contribution in [-0.2, 0) is 6.18 Å². The van der Waals surface area contributed by atoms with E-state index >= 15 is 0 Å². The third kappa shape index (κ3) is 3.52. The zero-order valence-corrected chi connectivity index (χ0v) is 13.7. The minimum Gasteiger partial charge on any atom is -0.352 e. The summed E-state index contributed by atoms with van der Waals surface area (Å²) in [4.78, 5) is 14.6. The molecule has 1 aromatic carbocycles. The van der Waals surface area contributed by atoms with Gasteiger partial charge < -0.3 is 10.2 Å². The standard InChI is InChI=1S/C18H20F4N2O/c19-16-4-3-11(5-15(16)18(20,21)22)17(25)23-6-12-13-8-24(9-14(12)13)7-10-1-2-10/h3-5,10,12-14H,1-2,6-9H2,(H,23,25). The molecular weight excluding hydrogens is 336 g/mol. The fourth-order valence-electron chi connectivity index (χ4n) is 4.05. The van der Waals surface area contributed by atoms with Crippen molar-refractivity contribution in [1.82, 2.24) is 10.2 Å². The molecule has 1 aliphatic heterocycles. The molecule has 4 rings (SSSR count). The van der Waals surface area contributed by atoms with Gasteiger partial charge in [0.2, 0.25) is 0 Å². The van der Waals surface area contributed by atoms with E-state index < -0.39 is 23.5 Å². The van der Waals surface area contributed by atoms with Gasteiger partial charge in [0.1, 0.15) is 5.82 Å². The lowest BCUT2D eigenvalue weighted by Gasteiger charge is -2.19. The Morgan fingerprint density at radius 1 is 1.20 bits per heavy atom. The van der Waals surface area contributed by atoms with E-state index in [-0.39, 0.29) is 5.56 Å². The molecule has 1 amide bonds. The highest BCUT2D eigenvalue weighted by molar-refractivity contribution is 5.94. The van der Waals surface area contributed by atoms with Crippen molar-refractivity contribution >= 4 is 5.91 Å². The number of nitrogens with one attached hydrogen (secondary N) is 1. The number of fused-ring (bicyclic) bond motifs is 1. The van der Waals surface area contributed by atoms with Gasteiger partial charge in [-0.15, -0.1) is 0 Å². The number of benzene rings is 1. The molecule has 1 aromatic rings. The third-order valence-electron chi connectivity index (χ3n) is 5.69. The SMILES string of the molecule is O=C(NCC1C2CN(CC3CC3)CC12)c1ccc(F)c(C(F)(F)F)c1. The summed E-state index contributed by atoms with van der Waals surface area (Å²) < 4.78 is 51.5. The number of amides is 1. The molecule has 25 heavy (non-hydrogen) atoms. The van der Waals surface area contributed by atoms with Crippen LogP contribution in [0.25, 0.3) is 0 Å². The van der Waals surface area contributed by atoms with Crippen molar-refractivity contribution in [1.29, 1.82) is 0 Å². The van der Waals surface area contributed by atoms with E-state index in [2.05, 4.69) is 10.2 Å². The van der Waals surface area contributed by atoms with E-state index in [1.807, 2.05) is 0 Å². The molecule has 2 unspecified atom stereocenters. The monoisotopic (exact) mass is 356 g/mol. The summed E-state index contributed by atoms with van der Waals surface area (Å²) in [5.74, 6) is 0.539. The minimum atomic E-state index is -4.81. The molecule has 2 aliphatic carbocycles. The second-order valence-corrected chi connectivity index (χ2v) is 7.56. The Morgan fingerprint density at radius 2 is 1.88 bits per heavy atom. The lowest BCUT2D eigenvalue weighted by Crippen LogP contribution is -2.31. The molecule has 1 saturated heterocycles. The predicted molar refractivity (Wildman–Crippen MR) is 83.4 cm³/mol. The number of halogens is 4. The molecule has 2 atom stereocenters. The highest BCUT2D eigenvalue weighted by Crippen LogP contribution is 2.52. The van der Waals surface area contributed by atoms with E-state index in [0.717, 1.165) is 25.1 Å². The molecule has 1 N–H and O–H groups in total. The van der Waals surface area contributed by atoms with Gasteiger partial charge in [0, 0.05) is 31.7 Å². The van der Waals surface area contributed by atoms with Gasteiger partial charge in [-0.1, -0.05) is 0 Å². The van der Waals surface area contributed by atoms with Crippen LogP contribution in [-0.4, -0.2) is 37.0 Å². The fraction of sp³-hybridized carbons (Fsp3) is 0.611. The summed E-state index contributed by atoms with van der Waals surface area (Å²) in [6.07, 6.45) is -2.13. The van der Waals surface area contributed by atoms with Gasteiger partial charge >= 0.3 is 6.18 Å². The number of hydrogen-bond donors (Lipinski definition) is 1. The van der Waals surface area contributed by atoms with Crippen LogP contribution in [0.4, 0.5) is 17.6 Å². The van der Waals surface area contributed by atoms with Crippen LogP contribution >= 0.6 is 0 Å². The molecule has 3 aliphatic rings. The number of alkyl halides is 3. The first-order valence-corrected chi connectivity index (χ1v) is 8.70. The summed E-state index contributed by atoms with van der Waals surface area (Å²) in [5, 5.41) is 2.71. The summed E-state index contributed by atoms with van der Waals surface area (Å²) in [6.45, 7) is 3.79. The predicted octanol–water partition coefficient (Wildman–Crippen LogP) is 3.16. The Hall–Kier alpha value is -1.63. The molecule has 3 nitrogen and oxygen atoms in total. The Morgan fingerprint density at radius 3 is 2.48 bits per heavy atom. The van der Waals surface area contributed by atoms with Gasteiger partial charge in [-0.2, -0.15) is 13.2 Å². The van der Waals surface area contributed by atoms with E-state index in [0.29, 0.717) is 36.4 Å². The smallest absolute Gasteiger partial charge is 0.352 e. The van der Waals surface area contributed by atoms with Crippen LogP contribution in [0.3, 0.4) is 0 Å². The molecular formula is C18H20F4N2O. The Labute approximate surface area is 143 Å². The number of rotatable bonds is 5. The second kappa shape index (κ2) is 5.97. The Bertz CT molecular complexity index is 674. The summed E-state index contributed by atoms with van der Waals surface area (Å²) in [6, 6.07) is 2.36. The van der Waals surface area contributed by atoms with Crippen LogP contribution < -0.4 is 5.32 Å². The maximum atomic E-state index is 13.3. The maximum Gasteiger partial charge on any atom is 0.419 e. The second-order valence-electron chi connectivity index (χ2n) is 7.56. The Kier molecular flexibility index (Phi) is 4.02. The van der Waals surface area contributed by atoms with Crippen molar-refractivity contribution in [2.75, 3.05) is 26.2 Å². The molecule has 0 spiro atoms. The van der Waals surface area contributed by atoms with Crippen molar-refractivity contribution in [3.8, 4) is 0 Å². The van der Waals surface area contributed by atoms with Gasteiger partial charge in [0.15, 0.2) is 0 Å². The first kappa shape index (κ1) is 16.8. The summed E-state index contributed by atoms with van der Waals surface area (Å²) in [7, 11) is 0. The van der Waals surface area contributed by atoms with Crippen molar-refractivity contribution < 1.29 is 22.4 Å². The van der Waals surface area contributed by atoms with Gasteiger partial charge in [-0.25, -0.2) is 4.39 Å². The molecule has 2 saturated carbocycles. The number of piperidine rings is 1. The van der Waals surface area contributed by atoms with Gasteiger partial charge in [-0.05, 0) is 54.7 Å². The average Bonchev–Trinajstić information content (AvgIpc) is 3.43. The number of likely N-dealkylation sites (tertiary alicyclic amines) is 1. The molecule has 0 radical (unpaired) electrons. The normalized spacial score (nSPS) is 28.7. The first-order chi connectivity index (χ1) is 11.8. The van der Waals surface area contributed by atoms with Crippen LogP contribution in [0.1, 0.15) is 28.8 Å². The number of hydrogen-bond acceptors (Lipinski definition) is 2. The third-order valence-corrected chi connectivity index (χ3v) is 5.69. The maximum absolute atomic E-state index is 13.3. The van der Waals surface area contributed by atoms with Gasteiger partial charge in [0.25, 0.3) is 5.91 Å². The van der Waals surface area contributed by atoms with Gasteiger partial charge in [0.05, 0.1) is 5.56 Å². The highest BCUT2D eigenvalue weighted by Gasteiger charge is 2.55.